The first-order chi connectivity index (χ1) is 13.1. The van der Waals surface area contributed by atoms with Crippen LogP contribution in [0.2, 0.25) is 0 Å². The Bertz CT molecular complexity index is 964. The van der Waals surface area contributed by atoms with Crippen molar-refractivity contribution in [2.75, 3.05) is 0 Å². The van der Waals surface area contributed by atoms with Crippen molar-refractivity contribution in [1.82, 2.24) is 10.9 Å². The summed E-state index contributed by atoms with van der Waals surface area (Å²) in [4.78, 5) is 16.4. The van der Waals surface area contributed by atoms with Crippen LogP contribution >= 0.6 is 0 Å². The predicted octanol–water partition coefficient (Wildman–Crippen LogP) is 4.05. The van der Waals surface area contributed by atoms with Crippen LogP contribution in [0.25, 0.3) is 5.70 Å². The molecule has 0 radical (unpaired) electrons. The van der Waals surface area contributed by atoms with Crippen molar-refractivity contribution in [3.05, 3.63) is 102 Å². The third kappa shape index (κ3) is 4.83. The second kappa shape index (κ2) is 8.49. The van der Waals surface area contributed by atoms with Crippen molar-refractivity contribution in [3.63, 3.8) is 0 Å². The first-order valence-electron chi connectivity index (χ1n) is 8.36. The molecule has 27 heavy (non-hydrogen) atoms. The average molecular weight is 357 g/mol. The van der Waals surface area contributed by atoms with E-state index in [1.807, 2.05) is 36.4 Å². The van der Waals surface area contributed by atoms with Gasteiger partial charge < -0.3 is 5.11 Å². The fourth-order valence-electron chi connectivity index (χ4n) is 2.36. The van der Waals surface area contributed by atoms with Crippen LogP contribution < -0.4 is 10.9 Å². The molecule has 3 rings (SSSR count). The lowest BCUT2D eigenvalue weighted by molar-refractivity contribution is 0.0942. The second-order valence-electron chi connectivity index (χ2n) is 5.79. The largest absolute Gasteiger partial charge is 0.507 e. The molecule has 0 bridgehead atoms. The zero-order valence-electron chi connectivity index (χ0n) is 14.6. The molecule has 3 aromatic carbocycles. The molecule has 0 spiro atoms. The van der Waals surface area contributed by atoms with Crippen molar-refractivity contribution in [2.24, 2.45) is 4.99 Å². The van der Waals surface area contributed by atoms with Gasteiger partial charge in [-0.1, -0.05) is 49.0 Å². The Hall–Kier alpha value is -3.86. The second-order valence-corrected chi connectivity index (χ2v) is 5.79. The van der Waals surface area contributed by atoms with Gasteiger partial charge in [0.15, 0.2) is 0 Å². The number of aromatic hydroxyl groups is 1. The fourth-order valence-corrected chi connectivity index (χ4v) is 2.36. The number of carbonyl (C=O) groups is 1. The molecule has 0 saturated carbocycles. The topological polar surface area (TPSA) is 73.7 Å². The zero-order chi connectivity index (χ0) is 19.1. The van der Waals surface area contributed by atoms with Gasteiger partial charge >= 0.3 is 0 Å². The quantitative estimate of drug-likeness (QED) is 0.460. The average Bonchev–Trinajstić information content (AvgIpc) is 2.72. The van der Waals surface area contributed by atoms with Gasteiger partial charge in [-0.2, -0.15) is 0 Å². The molecule has 134 valence electrons. The number of nitrogens with zero attached hydrogens (tertiary/aromatic N) is 1. The number of hydrazine groups is 1. The van der Waals surface area contributed by atoms with E-state index in [9.17, 15) is 9.90 Å². The normalized spacial score (nSPS) is 10.5. The van der Waals surface area contributed by atoms with Crippen LogP contribution in [0.5, 0.6) is 5.75 Å². The van der Waals surface area contributed by atoms with E-state index < -0.39 is 0 Å². The summed E-state index contributed by atoms with van der Waals surface area (Å²) in [5.41, 5.74) is 8.77. The summed E-state index contributed by atoms with van der Waals surface area (Å²) in [6.07, 6.45) is 1.61. The van der Waals surface area contributed by atoms with E-state index in [0.717, 1.165) is 11.3 Å². The van der Waals surface area contributed by atoms with Crippen LogP contribution in [-0.4, -0.2) is 17.2 Å². The lowest BCUT2D eigenvalue weighted by atomic mass is 10.1. The Morgan fingerprint density at radius 3 is 2.22 bits per heavy atom. The molecule has 0 unspecified atom stereocenters. The van der Waals surface area contributed by atoms with Crippen LogP contribution in [0.3, 0.4) is 0 Å². The van der Waals surface area contributed by atoms with Gasteiger partial charge in [-0.05, 0) is 42.0 Å². The molecule has 3 N–H and O–H groups in total. The number of amides is 1. The first kappa shape index (κ1) is 17.9. The molecule has 0 atom stereocenters. The zero-order valence-corrected chi connectivity index (χ0v) is 14.6. The number of phenolic OH excluding ortho intramolecular Hbond substituents is 1. The minimum atomic E-state index is -0.236. The van der Waals surface area contributed by atoms with Crippen molar-refractivity contribution in [2.45, 2.75) is 0 Å². The number of carbonyl (C=O) groups excluding carboxylic acids is 1. The number of para-hydroxylation sites is 1. The van der Waals surface area contributed by atoms with Crippen molar-refractivity contribution in [1.29, 1.82) is 0 Å². The summed E-state index contributed by atoms with van der Waals surface area (Å²) in [6, 6.07) is 23.3. The number of phenols is 1. The molecule has 5 heteroatoms. The van der Waals surface area contributed by atoms with Crippen LogP contribution in [0.1, 0.15) is 21.5 Å². The van der Waals surface area contributed by atoms with Crippen LogP contribution in [0.4, 0.5) is 5.69 Å². The summed E-state index contributed by atoms with van der Waals surface area (Å²) in [5, 5.41) is 9.75. The summed E-state index contributed by atoms with van der Waals surface area (Å²) < 4.78 is 0. The Morgan fingerprint density at radius 1 is 0.852 bits per heavy atom. The molecule has 0 aromatic heterocycles. The minimum Gasteiger partial charge on any atom is -0.507 e. The van der Waals surface area contributed by atoms with E-state index >= 15 is 0 Å². The van der Waals surface area contributed by atoms with Crippen molar-refractivity contribution < 1.29 is 9.90 Å². The lowest BCUT2D eigenvalue weighted by Crippen LogP contribution is -2.35. The molecular weight excluding hydrogens is 338 g/mol. The first-order valence-corrected chi connectivity index (χ1v) is 8.36. The Kier molecular flexibility index (Phi) is 5.64. The molecule has 0 aliphatic carbocycles. The standard InChI is InChI=1S/C22H19N3O2/c1-16(24-25-22(27)18-7-3-2-4-8-18)17-11-13-20(14-12-17)23-15-19-9-5-6-10-21(19)26/h2-15,24,26H,1H2,(H,25,27). The number of nitrogens with one attached hydrogen (secondary N) is 2. The predicted molar refractivity (Wildman–Crippen MR) is 108 cm³/mol. The molecule has 5 nitrogen and oxygen atoms in total. The van der Waals surface area contributed by atoms with Crippen molar-refractivity contribution >= 4 is 23.5 Å². The molecule has 0 saturated heterocycles. The van der Waals surface area contributed by atoms with Gasteiger partial charge in [-0.25, -0.2) is 0 Å². The molecular formula is C22H19N3O2. The molecule has 3 aromatic rings. The van der Waals surface area contributed by atoms with Gasteiger partial charge in [-0.3, -0.25) is 20.6 Å². The third-order valence-corrected chi connectivity index (χ3v) is 3.87. The number of rotatable bonds is 6. The summed E-state index contributed by atoms with van der Waals surface area (Å²) in [6.45, 7) is 3.93. The van der Waals surface area contributed by atoms with E-state index in [0.29, 0.717) is 16.8 Å². The van der Waals surface area contributed by atoms with Gasteiger partial charge in [0.1, 0.15) is 5.75 Å². The van der Waals surface area contributed by atoms with Gasteiger partial charge in [-0.15, -0.1) is 0 Å². The maximum Gasteiger partial charge on any atom is 0.269 e. The highest BCUT2D eigenvalue weighted by Gasteiger charge is 2.05. The molecule has 0 aliphatic heterocycles. The molecule has 0 fully saturated rings. The van der Waals surface area contributed by atoms with Gasteiger partial charge in [0, 0.05) is 17.3 Å². The minimum absolute atomic E-state index is 0.185. The van der Waals surface area contributed by atoms with E-state index in [4.69, 9.17) is 0 Å². The monoisotopic (exact) mass is 357 g/mol. The third-order valence-electron chi connectivity index (χ3n) is 3.87. The number of hydrogen-bond donors (Lipinski definition) is 3. The lowest BCUT2D eigenvalue weighted by Gasteiger charge is -2.11. The SMILES string of the molecule is C=C(NNC(=O)c1ccccc1)c1ccc(N=Cc2ccccc2O)cc1. The van der Waals surface area contributed by atoms with Gasteiger partial charge in [0.2, 0.25) is 0 Å². The van der Waals surface area contributed by atoms with E-state index in [2.05, 4.69) is 22.4 Å². The van der Waals surface area contributed by atoms with Crippen LogP contribution in [-0.2, 0) is 0 Å². The maximum atomic E-state index is 12.0. The van der Waals surface area contributed by atoms with E-state index in [-0.39, 0.29) is 11.7 Å². The maximum absolute atomic E-state index is 12.0. The number of hydrogen-bond acceptors (Lipinski definition) is 4. The van der Waals surface area contributed by atoms with Gasteiger partial charge in [0.25, 0.3) is 5.91 Å². The van der Waals surface area contributed by atoms with E-state index in [1.165, 1.54) is 0 Å². The van der Waals surface area contributed by atoms with Gasteiger partial charge in [0.05, 0.1) is 11.4 Å². The number of aliphatic imine (C=N–C) groups is 1. The van der Waals surface area contributed by atoms with Crippen LogP contribution in [0.15, 0.2) is 90.4 Å². The molecule has 0 aliphatic rings. The summed E-state index contributed by atoms with van der Waals surface area (Å²) in [7, 11) is 0. The highest BCUT2D eigenvalue weighted by molar-refractivity contribution is 5.94. The summed E-state index contributed by atoms with van der Waals surface area (Å²) in [5.74, 6) is -0.0507. The Morgan fingerprint density at radius 2 is 1.52 bits per heavy atom. The smallest absolute Gasteiger partial charge is 0.269 e. The van der Waals surface area contributed by atoms with E-state index in [1.54, 1.807) is 48.7 Å². The fraction of sp³-hybridized carbons (Fsp3) is 0. The summed E-state index contributed by atoms with van der Waals surface area (Å²) >= 11 is 0. The van der Waals surface area contributed by atoms with Crippen LogP contribution in [0, 0.1) is 0 Å². The molecule has 0 heterocycles. The number of benzene rings is 3. The Labute approximate surface area is 157 Å². The highest BCUT2D eigenvalue weighted by Crippen LogP contribution is 2.18. The Balaban J connectivity index is 1.59. The molecule has 1 amide bonds. The highest BCUT2D eigenvalue weighted by atomic mass is 16.3. The van der Waals surface area contributed by atoms with Crippen molar-refractivity contribution in [3.8, 4) is 5.75 Å².